The van der Waals surface area contributed by atoms with E-state index in [9.17, 15) is 14.5 Å². The highest BCUT2D eigenvalue weighted by Crippen LogP contribution is 2.38. The van der Waals surface area contributed by atoms with Crippen LogP contribution in [0.2, 0.25) is 0 Å². The predicted molar refractivity (Wildman–Crippen MR) is 81.6 cm³/mol. The number of nitrogens with one attached hydrogen (secondary N) is 1. The number of ether oxygens (including phenoxy) is 2. The number of hydrogen-bond donors (Lipinski definition) is 1. The van der Waals surface area contributed by atoms with Crippen LogP contribution in [0.15, 0.2) is 0 Å². The molecule has 0 aromatic heterocycles. The van der Waals surface area contributed by atoms with Crippen LogP contribution in [-0.2, 0) is 35.1 Å². The molecule has 0 aliphatic carbocycles. The number of nitriles is 1. The number of amides is 1. The largest absolute Gasteiger partial charge is 0.780 e. The third kappa shape index (κ3) is 11.0. The van der Waals surface area contributed by atoms with Crippen molar-refractivity contribution < 1.29 is 33.0 Å². The Morgan fingerprint density at radius 1 is 1.39 bits per heavy atom. The number of rotatable bonds is 8. The maximum absolute atomic E-state index is 11.8. The van der Waals surface area contributed by atoms with E-state index in [0.29, 0.717) is 0 Å². The van der Waals surface area contributed by atoms with Crippen molar-refractivity contribution in [3.05, 3.63) is 0 Å². The van der Waals surface area contributed by atoms with Crippen molar-refractivity contribution in [2.45, 2.75) is 38.8 Å². The molecule has 0 aliphatic rings. The maximum atomic E-state index is 11.8. The number of alkyl carbamates (subject to hydrolysis) is 1. The van der Waals surface area contributed by atoms with Gasteiger partial charge in [-0.1, -0.05) is 11.8 Å². The summed E-state index contributed by atoms with van der Waals surface area (Å²) in [7, 11) is 1.11. The first-order chi connectivity index (χ1) is 10.5. The summed E-state index contributed by atoms with van der Waals surface area (Å²) in [5.41, 5.74) is -0.765. The van der Waals surface area contributed by atoms with Crippen molar-refractivity contribution in [2.75, 3.05) is 20.3 Å². The first kappa shape index (κ1) is 21.8. The second kappa shape index (κ2) is 9.80. The van der Waals surface area contributed by atoms with Crippen molar-refractivity contribution in [1.29, 1.82) is 5.26 Å². The van der Waals surface area contributed by atoms with Crippen molar-refractivity contribution in [3.63, 3.8) is 0 Å². The minimum absolute atomic E-state index is 0.0133. The van der Waals surface area contributed by atoms with E-state index in [-0.39, 0.29) is 13.0 Å². The molecule has 2 unspecified atom stereocenters. The molecule has 1 N–H and O–H groups in total. The van der Waals surface area contributed by atoms with E-state index in [0.717, 1.165) is 7.11 Å². The molecule has 0 bridgehead atoms. The molecule has 11 heteroatoms. The van der Waals surface area contributed by atoms with Gasteiger partial charge in [0.25, 0.3) is 0 Å². The smallest absolute Gasteiger partial charge is 0.408 e. The van der Waals surface area contributed by atoms with Gasteiger partial charge in [0, 0.05) is 0 Å². The van der Waals surface area contributed by atoms with Gasteiger partial charge >= 0.3 is 12.1 Å². The molecule has 0 radical (unpaired) electrons. The van der Waals surface area contributed by atoms with Crippen LogP contribution >= 0.6 is 6.72 Å². The van der Waals surface area contributed by atoms with Crippen molar-refractivity contribution in [1.82, 2.24) is 5.32 Å². The summed E-state index contributed by atoms with van der Waals surface area (Å²) in [6.07, 6.45) is -0.887. The molecule has 1 amide bonds. The highest BCUT2D eigenvalue weighted by atomic mass is 32.5. The summed E-state index contributed by atoms with van der Waals surface area (Å²) in [4.78, 5) is 35.1. The lowest BCUT2D eigenvalue weighted by Crippen LogP contribution is -2.46. The Hall–Kier alpha value is -1.24. The van der Waals surface area contributed by atoms with Gasteiger partial charge < -0.3 is 28.7 Å². The van der Waals surface area contributed by atoms with Crippen LogP contribution in [0.25, 0.3) is 0 Å². The molecule has 9 nitrogen and oxygen atoms in total. The summed E-state index contributed by atoms with van der Waals surface area (Å²) >= 11 is 4.60. The number of nitrogens with zero attached hydrogens (tertiary/aromatic N) is 1. The SMILES string of the molecule is COC(=O)C(COP([O-])(=S)OCCC#N)NC(=O)OC(C)(C)C. The topological polar surface area (TPSA) is 130 Å². The van der Waals surface area contributed by atoms with Crippen LogP contribution < -0.4 is 10.2 Å². The van der Waals surface area contributed by atoms with Gasteiger partial charge in [0.1, 0.15) is 12.3 Å². The second-order valence-electron chi connectivity index (χ2n) is 5.21. The fourth-order valence-corrected chi connectivity index (χ4v) is 2.29. The van der Waals surface area contributed by atoms with E-state index in [1.54, 1.807) is 26.8 Å². The predicted octanol–water partition coefficient (Wildman–Crippen LogP) is 0.584. The molecule has 0 aromatic rings. The molecule has 0 rings (SSSR count). The van der Waals surface area contributed by atoms with Gasteiger partial charge in [-0.15, -0.1) is 0 Å². The van der Waals surface area contributed by atoms with Gasteiger partial charge in [-0.25, -0.2) is 9.59 Å². The zero-order valence-electron chi connectivity index (χ0n) is 13.4. The van der Waals surface area contributed by atoms with Gasteiger partial charge in [-0.3, -0.25) is 0 Å². The lowest BCUT2D eigenvalue weighted by Gasteiger charge is -2.29. The van der Waals surface area contributed by atoms with Crippen LogP contribution in [-0.4, -0.2) is 44.0 Å². The fourth-order valence-electron chi connectivity index (χ4n) is 1.17. The zero-order chi connectivity index (χ0) is 18.1. The van der Waals surface area contributed by atoms with Crippen LogP contribution in [0, 0.1) is 11.3 Å². The standard InChI is InChI=1S/C12H21N2O7PS/c1-12(2,3)21-11(16)14-9(10(15)18-4)8-20-22(17,23)19-7-5-6-13/h9H,5,7-8H2,1-4H3,(H,14,16)(H,17,23)/p-1. The van der Waals surface area contributed by atoms with Crippen LogP contribution in [0.4, 0.5) is 4.79 Å². The van der Waals surface area contributed by atoms with E-state index < -0.39 is 37.0 Å². The Balaban J connectivity index is 4.63. The third-order valence-corrected chi connectivity index (χ3v) is 3.64. The Morgan fingerprint density at radius 2 is 2.00 bits per heavy atom. The zero-order valence-corrected chi connectivity index (χ0v) is 15.1. The van der Waals surface area contributed by atoms with Crippen LogP contribution in [0.3, 0.4) is 0 Å². The summed E-state index contributed by atoms with van der Waals surface area (Å²) < 4.78 is 19.1. The monoisotopic (exact) mass is 367 g/mol. The Labute approximate surface area is 140 Å². The summed E-state index contributed by atoms with van der Waals surface area (Å²) in [6, 6.07) is 0.512. The molecular weight excluding hydrogens is 347 g/mol. The van der Waals surface area contributed by atoms with Gasteiger partial charge in [0.2, 0.25) is 0 Å². The van der Waals surface area contributed by atoms with E-state index in [4.69, 9.17) is 19.0 Å². The number of carbonyl (C=O) groups is 2. The van der Waals surface area contributed by atoms with E-state index in [1.807, 2.05) is 0 Å². The third-order valence-electron chi connectivity index (χ3n) is 2.04. The molecule has 2 atom stereocenters. The minimum Gasteiger partial charge on any atom is -0.780 e. The Kier molecular flexibility index (Phi) is 9.27. The first-order valence-corrected chi connectivity index (χ1v) is 9.11. The Bertz CT molecular complexity index is 501. The quantitative estimate of drug-likeness (QED) is 0.372. The van der Waals surface area contributed by atoms with Crippen molar-refractivity contribution in [3.8, 4) is 6.07 Å². The molecule has 0 saturated carbocycles. The average molecular weight is 367 g/mol. The molecule has 0 aliphatic heterocycles. The number of carbonyl (C=O) groups excluding carboxylic acids is 2. The van der Waals surface area contributed by atoms with Crippen molar-refractivity contribution in [2.24, 2.45) is 0 Å². The molecule has 0 heterocycles. The lowest BCUT2D eigenvalue weighted by atomic mass is 10.2. The average Bonchev–Trinajstić information content (AvgIpc) is 2.40. The number of hydrogen-bond acceptors (Lipinski definition) is 9. The minimum atomic E-state index is -3.88. The number of esters is 1. The molecule has 0 saturated heterocycles. The van der Waals surface area contributed by atoms with Crippen LogP contribution in [0.5, 0.6) is 0 Å². The van der Waals surface area contributed by atoms with Crippen molar-refractivity contribution >= 4 is 30.6 Å². The highest BCUT2D eigenvalue weighted by Gasteiger charge is 2.26. The summed E-state index contributed by atoms with van der Waals surface area (Å²) in [5.74, 6) is -0.831. The van der Waals surface area contributed by atoms with E-state index >= 15 is 0 Å². The van der Waals surface area contributed by atoms with Crippen LogP contribution in [0.1, 0.15) is 27.2 Å². The Morgan fingerprint density at radius 3 is 2.48 bits per heavy atom. The van der Waals surface area contributed by atoms with Gasteiger partial charge in [-0.05, 0) is 20.8 Å². The molecular formula is C12H20N2O7PS-. The second-order valence-corrected chi connectivity index (χ2v) is 7.96. The summed E-state index contributed by atoms with van der Waals surface area (Å²) in [5, 5.41) is 10.6. The molecule has 0 spiro atoms. The fraction of sp³-hybridized carbons (Fsp3) is 0.750. The summed E-state index contributed by atoms with van der Waals surface area (Å²) in [6.45, 7) is 0.375. The molecule has 132 valence electrons. The van der Waals surface area contributed by atoms with Gasteiger partial charge in [0.05, 0.1) is 32.8 Å². The molecule has 0 aromatic carbocycles. The van der Waals surface area contributed by atoms with Gasteiger partial charge in [0.15, 0.2) is 6.04 Å². The lowest BCUT2D eigenvalue weighted by molar-refractivity contribution is -0.207. The maximum Gasteiger partial charge on any atom is 0.408 e. The normalized spacial score (nSPS) is 15.0. The number of methoxy groups -OCH3 is 1. The van der Waals surface area contributed by atoms with E-state index in [2.05, 4.69) is 21.9 Å². The molecule has 0 fully saturated rings. The first-order valence-electron chi connectivity index (χ1n) is 6.55. The highest BCUT2D eigenvalue weighted by molar-refractivity contribution is 8.06. The van der Waals surface area contributed by atoms with E-state index in [1.165, 1.54) is 0 Å². The van der Waals surface area contributed by atoms with Gasteiger partial charge in [-0.2, -0.15) is 5.26 Å². The molecule has 23 heavy (non-hydrogen) atoms.